The van der Waals surface area contributed by atoms with Crippen molar-refractivity contribution in [3.05, 3.63) is 69.9 Å². The summed E-state index contributed by atoms with van der Waals surface area (Å²) in [6.07, 6.45) is 0. The van der Waals surface area contributed by atoms with Crippen LogP contribution >= 0.6 is 0 Å². The van der Waals surface area contributed by atoms with E-state index in [1.807, 2.05) is 0 Å². The summed E-state index contributed by atoms with van der Waals surface area (Å²) in [6.45, 7) is 0.0988. The first-order valence-corrected chi connectivity index (χ1v) is 5.25. The van der Waals surface area contributed by atoms with Crippen molar-refractivity contribution in [2.45, 2.75) is 6.54 Å². The average molecular weight is 247 g/mol. The summed E-state index contributed by atoms with van der Waals surface area (Å²) in [4.78, 5) is 22.6. The number of hydrogen-bond acceptors (Lipinski definition) is 2. The normalized spacial score (nSPS) is 10.3. The van der Waals surface area contributed by atoms with Gasteiger partial charge in [0.2, 0.25) is 0 Å². The van der Waals surface area contributed by atoms with Crippen LogP contribution in [0.2, 0.25) is 0 Å². The van der Waals surface area contributed by atoms with Gasteiger partial charge in [-0.15, -0.1) is 0 Å². The molecule has 1 aromatic heterocycles. The minimum atomic E-state index is -1.17. The molecule has 0 aliphatic heterocycles. The number of pyridine rings is 1. The molecule has 92 valence electrons. The number of rotatable bonds is 3. The highest BCUT2D eigenvalue weighted by molar-refractivity contribution is 5.85. The van der Waals surface area contributed by atoms with Crippen molar-refractivity contribution >= 4 is 5.97 Å². The zero-order chi connectivity index (χ0) is 13.1. The number of benzene rings is 1. The van der Waals surface area contributed by atoms with Crippen molar-refractivity contribution in [3.63, 3.8) is 0 Å². The van der Waals surface area contributed by atoms with E-state index in [1.54, 1.807) is 0 Å². The van der Waals surface area contributed by atoms with Gasteiger partial charge in [-0.1, -0.05) is 18.2 Å². The van der Waals surface area contributed by atoms with E-state index in [0.717, 1.165) is 4.57 Å². The Balaban J connectivity index is 2.42. The van der Waals surface area contributed by atoms with E-state index < -0.39 is 11.5 Å². The molecular formula is C13H10FNO3. The summed E-state index contributed by atoms with van der Waals surface area (Å²) >= 11 is 0. The molecule has 2 rings (SSSR count). The van der Waals surface area contributed by atoms with E-state index in [1.165, 1.54) is 42.5 Å². The number of nitrogens with zero attached hydrogens (tertiary/aromatic N) is 1. The lowest BCUT2D eigenvalue weighted by molar-refractivity contribution is 0.0684. The summed E-state index contributed by atoms with van der Waals surface area (Å²) in [5.74, 6) is -1.55. The zero-order valence-electron chi connectivity index (χ0n) is 9.34. The molecule has 18 heavy (non-hydrogen) atoms. The second kappa shape index (κ2) is 4.83. The van der Waals surface area contributed by atoms with Crippen LogP contribution in [0.4, 0.5) is 4.39 Å². The Kier molecular flexibility index (Phi) is 3.23. The molecule has 0 aliphatic carbocycles. The van der Waals surface area contributed by atoms with Crippen LogP contribution in [0.25, 0.3) is 0 Å². The summed E-state index contributed by atoms with van der Waals surface area (Å²) in [5, 5.41) is 8.99. The number of aromatic carboxylic acids is 1. The van der Waals surface area contributed by atoms with Crippen LogP contribution in [-0.4, -0.2) is 15.6 Å². The van der Waals surface area contributed by atoms with Crippen LogP contribution in [0.5, 0.6) is 0 Å². The highest BCUT2D eigenvalue weighted by atomic mass is 19.1. The molecule has 5 heteroatoms. The van der Waals surface area contributed by atoms with Crippen molar-refractivity contribution < 1.29 is 14.3 Å². The second-order valence-electron chi connectivity index (χ2n) is 3.77. The maximum atomic E-state index is 12.7. The molecular weight excluding hydrogens is 237 g/mol. The molecule has 2 aromatic rings. The fourth-order valence-corrected chi connectivity index (χ4v) is 1.64. The SMILES string of the molecule is O=C(O)c1cccc(=O)n1Cc1ccc(F)cc1. The van der Waals surface area contributed by atoms with E-state index in [2.05, 4.69) is 0 Å². The minimum Gasteiger partial charge on any atom is -0.477 e. The molecule has 0 aliphatic rings. The van der Waals surface area contributed by atoms with Gasteiger partial charge in [-0.05, 0) is 23.8 Å². The van der Waals surface area contributed by atoms with Gasteiger partial charge in [-0.25, -0.2) is 9.18 Å². The number of carboxylic acids is 1. The second-order valence-corrected chi connectivity index (χ2v) is 3.77. The fraction of sp³-hybridized carbons (Fsp3) is 0.0769. The van der Waals surface area contributed by atoms with Gasteiger partial charge in [-0.3, -0.25) is 9.36 Å². The Hall–Kier alpha value is -2.43. The van der Waals surface area contributed by atoms with Gasteiger partial charge >= 0.3 is 5.97 Å². The quantitative estimate of drug-likeness (QED) is 0.898. The third-order valence-corrected chi connectivity index (χ3v) is 2.52. The molecule has 0 atom stereocenters. The van der Waals surface area contributed by atoms with Crippen molar-refractivity contribution in [1.82, 2.24) is 4.57 Å². The van der Waals surface area contributed by atoms with Crippen LogP contribution in [0.1, 0.15) is 16.1 Å². The Bertz CT molecular complexity index is 631. The number of aromatic nitrogens is 1. The Morgan fingerprint density at radius 1 is 1.17 bits per heavy atom. The Morgan fingerprint density at radius 2 is 1.83 bits per heavy atom. The van der Waals surface area contributed by atoms with Crippen LogP contribution in [-0.2, 0) is 6.54 Å². The van der Waals surface area contributed by atoms with E-state index >= 15 is 0 Å². The van der Waals surface area contributed by atoms with Crippen molar-refractivity contribution in [2.75, 3.05) is 0 Å². The Morgan fingerprint density at radius 3 is 2.44 bits per heavy atom. The lowest BCUT2D eigenvalue weighted by Gasteiger charge is -2.09. The molecule has 1 N–H and O–H groups in total. The van der Waals surface area contributed by atoms with Crippen molar-refractivity contribution in [3.8, 4) is 0 Å². The van der Waals surface area contributed by atoms with Gasteiger partial charge < -0.3 is 5.11 Å². The molecule has 0 saturated carbocycles. The highest BCUT2D eigenvalue weighted by Crippen LogP contribution is 2.06. The molecule has 1 aromatic carbocycles. The summed E-state index contributed by atoms with van der Waals surface area (Å²) in [7, 11) is 0. The molecule has 4 nitrogen and oxygen atoms in total. The molecule has 0 spiro atoms. The molecule has 0 bridgehead atoms. The monoisotopic (exact) mass is 247 g/mol. The van der Waals surface area contributed by atoms with Gasteiger partial charge in [0, 0.05) is 6.07 Å². The standard InChI is InChI=1S/C13H10FNO3/c14-10-6-4-9(5-7-10)8-15-11(13(17)18)2-1-3-12(15)16/h1-7H,8H2,(H,17,18). The lowest BCUT2D eigenvalue weighted by atomic mass is 10.2. The third kappa shape index (κ3) is 2.45. The summed E-state index contributed by atoms with van der Waals surface area (Å²) in [6, 6.07) is 9.60. The summed E-state index contributed by atoms with van der Waals surface area (Å²) in [5.41, 5.74) is 0.165. The largest absolute Gasteiger partial charge is 0.477 e. The van der Waals surface area contributed by atoms with Gasteiger partial charge in [0.05, 0.1) is 6.54 Å². The van der Waals surface area contributed by atoms with E-state index in [9.17, 15) is 14.0 Å². The third-order valence-electron chi connectivity index (χ3n) is 2.52. The minimum absolute atomic E-state index is 0.0909. The average Bonchev–Trinajstić information content (AvgIpc) is 2.34. The predicted octanol–water partition coefficient (Wildman–Crippen LogP) is 1.73. The van der Waals surface area contributed by atoms with Crippen molar-refractivity contribution in [2.24, 2.45) is 0 Å². The number of carboxylic acid groups (broad SMARTS) is 1. The highest BCUT2D eigenvalue weighted by Gasteiger charge is 2.10. The zero-order valence-corrected chi connectivity index (χ0v) is 9.34. The van der Waals surface area contributed by atoms with Gasteiger partial charge in [-0.2, -0.15) is 0 Å². The maximum absolute atomic E-state index is 12.7. The topological polar surface area (TPSA) is 59.3 Å². The lowest BCUT2D eigenvalue weighted by Crippen LogP contribution is -2.25. The maximum Gasteiger partial charge on any atom is 0.352 e. The van der Waals surface area contributed by atoms with Gasteiger partial charge in [0.15, 0.2) is 0 Å². The van der Waals surface area contributed by atoms with Gasteiger partial charge in [0.25, 0.3) is 5.56 Å². The number of hydrogen-bond donors (Lipinski definition) is 1. The molecule has 0 radical (unpaired) electrons. The van der Waals surface area contributed by atoms with Crippen LogP contribution in [0.3, 0.4) is 0 Å². The predicted molar refractivity (Wildman–Crippen MR) is 63.2 cm³/mol. The first-order valence-electron chi connectivity index (χ1n) is 5.25. The van der Waals surface area contributed by atoms with Crippen molar-refractivity contribution in [1.29, 1.82) is 0 Å². The van der Waals surface area contributed by atoms with Crippen LogP contribution < -0.4 is 5.56 Å². The molecule has 0 saturated heterocycles. The first kappa shape index (κ1) is 12.0. The molecule has 0 fully saturated rings. The van der Waals surface area contributed by atoms with Gasteiger partial charge in [0.1, 0.15) is 11.5 Å². The molecule has 0 amide bonds. The molecule has 1 heterocycles. The van der Waals surface area contributed by atoms with Crippen LogP contribution in [0, 0.1) is 5.82 Å². The van der Waals surface area contributed by atoms with E-state index in [-0.39, 0.29) is 18.1 Å². The summed E-state index contributed by atoms with van der Waals surface area (Å²) < 4.78 is 13.9. The number of carbonyl (C=O) groups is 1. The number of halogens is 1. The van der Waals surface area contributed by atoms with E-state index in [4.69, 9.17) is 5.11 Å². The smallest absolute Gasteiger partial charge is 0.352 e. The van der Waals surface area contributed by atoms with E-state index in [0.29, 0.717) is 5.56 Å². The Labute approximate surface area is 102 Å². The van der Waals surface area contributed by atoms with Crippen LogP contribution in [0.15, 0.2) is 47.3 Å². The fourth-order valence-electron chi connectivity index (χ4n) is 1.64. The first-order chi connectivity index (χ1) is 8.58. The molecule has 0 unspecified atom stereocenters.